The van der Waals surface area contributed by atoms with Crippen molar-refractivity contribution in [1.29, 1.82) is 0 Å². The molecule has 0 spiro atoms. The number of nitrogens with zero attached hydrogens (tertiary/aromatic N) is 1. The molecule has 0 heterocycles. The van der Waals surface area contributed by atoms with Gasteiger partial charge in [0.05, 0.1) is 13.7 Å². The summed E-state index contributed by atoms with van der Waals surface area (Å²) >= 11 is 0. The van der Waals surface area contributed by atoms with E-state index >= 15 is 0 Å². The average molecular weight is 250 g/mol. The van der Waals surface area contributed by atoms with Gasteiger partial charge in [-0.3, -0.25) is 9.69 Å². The van der Waals surface area contributed by atoms with Gasteiger partial charge in [0.25, 0.3) is 0 Å². The zero-order valence-electron chi connectivity index (χ0n) is 11.6. The van der Waals surface area contributed by atoms with Crippen molar-refractivity contribution in [1.82, 2.24) is 4.90 Å². The number of rotatable bonds is 6. The number of primary amides is 1. The highest BCUT2D eigenvalue weighted by atomic mass is 16.5. The standard InChI is InChI=1S/C14H22N2O2/c1-10-7-12(13(18-4)8-11(10)2)5-6-16(3)9-14(15)17/h7-8H,5-6,9H2,1-4H3,(H2,15,17). The Labute approximate surface area is 109 Å². The van der Waals surface area contributed by atoms with Gasteiger partial charge in [-0.15, -0.1) is 0 Å². The second-order valence-corrected chi connectivity index (χ2v) is 4.70. The molecule has 4 heteroatoms. The molecule has 0 atom stereocenters. The summed E-state index contributed by atoms with van der Waals surface area (Å²) in [6.07, 6.45) is 0.841. The summed E-state index contributed by atoms with van der Waals surface area (Å²) in [7, 11) is 3.57. The van der Waals surface area contributed by atoms with Crippen LogP contribution in [0.5, 0.6) is 5.75 Å². The first-order chi connectivity index (χ1) is 8.43. The first kappa shape index (κ1) is 14.5. The van der Waals surface area contributed by atoms with Gasteiger partial charge in [0, 0.05) is 6.54 Å². The van der Waals surface area contributed by atoms with Crippen LogP contribution in [-0.2, 0) is 11.2 Å². The second kappa shape index (κ2) is 6.40. The normalized spacial score (nSPS) is 10.7. The zero-order chi connectivity index (χ0) is 13.7. The van der Waals surface area contributed by atoms with Crippen LogP contribution in [-0.4, -0.2) is 38.1 Å². The highest BCUT2D eigenvalue weighted by molar-refractivity contribution is 5.75. The van der Waals surface area contributed by atoms with Gasteiger partial charge in [0.2, 0.25) is 5.91 Å². The highest BCUT2D eigenvalue weighted by Gasteiger charge is 2.08. The predicted molar refractivity (Wildman–Crippen MR) is 72.9 cm³/mol. The highest BCUT2D eigenvalue weighted by Crippen LogP contribution is 2.23. The lowest BCUT2D eigenvalue weighted by Crippen LogP contribution is -2.32. The predicted octanol–water partition coefficient (Wildman–Crippen LogP) is 1.27. The topological polar surface area (TPSA) is 55.6 Å². The van der Waals surface area contributed by atoms with E-state index < -0.39 is 0 Å². The molecule has 100 valence electrons. The second-order valence-electron chi connectivity index (χ2n) is 4.70. The first-order valence-electron chi connectivity index (χ1n) is 6.05. The molecule has 1 aromatic rings. The summed E-state index contributed by atoms with van der Waals surface area (Å²) in [5.41, 5.74) is 8.80. The van der Waals surface area contributed by atoms with Crippen molar-refractivity contribution < 1.29 is 9.53 Å². The molecule has 0 aromatic heterocycles. The zero-order valence-corrected chi connectivity index (χ0v) is 11.6. The number of carbonyl (C=O) groups is 1. The molecule has 2 N–H and O–H groups in total. The molecule has 1 aromatic carbocycles. The van der Waals surface area contributed by atoms with E-state index in [0.717, 1.165) is 24.3 Å². The van der Waals surface area contributed by atoms with Crippen LogP contribution in [0.15, 0.2) is 12.1 Å². The number of amides is 1. The molecular weight excluding hydrogens is 228 g/mol. The first-order valence-corrected chi connectivity index (χ1v) is 6.05. The van der Waals surface area contributed by atoms with Crippen molar-refractivity contribution in [2.24, 2.45) is 5.73 Å². The molecule has 1 rings (SSSR count). The van der Waals surface area contributed by atoms with Crippen molar-refractivity contribution in [2.75, 3.05) is 27.2 Å². The molecule has 0 saturated carbocycles. The number of methoxy groups -OCH3 is 1. The number of ether oxygens (including phenoxy) is 1. The molecule has 18 heavy (non-hydrogen) atoms. The average Bonchev–Trinajstić information content (AvgIpc) is 2.29. The fraction of sp³-hybridized carbons (Fsp3) is 0.500. The summed E-state index contributed by atoms with van der Waals surface area (Å²) in [6, 6.07) is 4.20. The summed E-state index contributed by atoms with van der Waals surface area (Å²) in [6.45, 7) is 5.22. The Bertz CT molecular complexity index is 430. The maximum atomic E-state index is 10.8. The Kier molecular flexibility index (Phi) is 5.16. The minimum absolute atomic E-state index is 0.285. The quantitative estimate of drug-likeness (QED) is 0.827. The molecule has 0 unspecified atom stereocenters. The molecule has 1 amide bonds. The summed E-state index contributed by atoms with van der Waals surface area (Å²) in [5, 5.41) is 0. The number of benzene rings is 1. The van der Waals surface area contributed by atoms with Crippen molar-refractivity contribution in [3.05, 3.63) is 28.8 Å². The van der Waals surface area contributed by atoms with Gasteiger partial charge in [-0.25, -0.2) is 0 Å². The number of likely N-dealkylation sites (N-methyl/N-ethyl adjacent to an activating group) is 1. The molecule has 4 nitrogen and oxygen atoms in total. The van der Waals surface area contributed by atoms with E-state index in [0.29, 0.717) is 0 Å². The van der Waals surface area contributed by atoms with E-state index in [9.17, 15) is 4.79 Å². The monoisotopic (exact) mass is 250 g/mol. The van der Waals surface area contributed by atoms with E-state index in [2.05, 4.69) is 26.0 Å². The molecule has 0 bridgehead atoms. The van der Waals surface area contributed by atoms with Crippen LogP contribution >= 0.6 is 0 Å². The third kappa shape index (κ3) is 4.04. The van der Waals surface area contributed by atoms with Gasteiger partial charge in [0.15, 0.2) is 0 Å². The van der Waals surface area contributed by atoms with Crippen molar-refractivity contribution >= 4 is 5.91 Å². The minimum Gasteiger partial charge on any atom is -0.496 e. The van der Waals surface area contributed by atoms with Gasteiger partial charge >= 0.3 is 0 Å². The Balaban J connectivity index is 2.72. The van der Waals surface area contributed by atoms with Crippen LogP contribution in [0.25, 0.3) is 0 Å². The largest absolute Gasteiger partial charge is 0.496 e. The Morgan fingerprint density at radius 2 is 1.94 bits per heavy atom. The third-order valence-corrected chi connectivity index (χ3v) is 3.09. The Hall–Kier alpha value is -1.55. The Morgan fingerprint density at radius 1 is 1.33 bits per heavy atom. The molecule has 0 radical (unpaired) electrons. The fourth-order valence-electron chi connectivity index (χ4n) is 1.89. The van der Waals surface area contributed by atoms with Crippen molar-refractivity contribution in [3.8, 4) is 5.75 Å². The number of hydrogen-bond acceptors (Lipinski definition) is 3. The van der Waals surface area contributed by atoms with Gasteiger partial charge in [0.1, 0.15) is 5.75 Å². The third-order valence-electron chi connectivity index (χ3n) is 3.09. The molecule has 0 aliphatic carbocycles. The van der Waals surface area contributed by atoms with E-state index in [1.165, 1.54) is 11.1 Å². The van der Waals surface area contributed by atoms with E-state index in [1.54, 1.807) is 7.11 Å². The van der Waals surface area contributed by atoms with Gasteiger partial charge in [-0.2, -0.15) is 0 Å². The summed E-state index contributed by atoms with van der Waals surface area (Å²) < 4.78 is 5.38. The lowest BCUT2D eigenvalue weighted by atomic mass is 10.0. The molecule has 0 fully saturated rings. The number of carbonyl (C=O) groups excluding carboxylic acids is 1. The lowest BCUT2D eigenvalue weighted by Gasteiger charge is -2.16. The maximum Gasteiger partial charge on any atom is 0.231 e. The Morgan fingerprint density at radius 3 is 2.50 bits per heavy atom. The van der Waals surface area contributed by atoms with Crippen LogP contribution in [0.3, 0.4) is 0 Å². The van der Waals surface area contributed by atoms with Gasteiger partial charge in [-0.05, 0) is 50.1 Å². The summed E-state index contributed by atoms with van der Waals surface area (Å²) in [4.78, 5) is 12.7. The number of hydrogen-bond donors (Lipinski definition) is 1. The number of aryl methyl sites for hydroxylation is 2. The van der Waals surface area contributed by atoms with Gasteiger partial charge in [-0.1, -0.05) is 6.07 Å². The number of nitrogens with two attached hydrogens (primary N) is 1. The molecule has 0 aliphatic rings. The lowest BCUT2D eigenvalue weighted by molar-refractivity contribution is -0.118. The van der Waals surface area contributed by atoms with Gasteiger partial charge < -0.3 is 10.5 Å². The minimum atomic E-state index is -0.301. The maximum absolute atomic E-state index is 10.8. The van der Waals surface area contributed by atoms with Crippen molar-refractivity contribution in [3.63, 3.8) is 0 Å². The molecule has 0 saturated heterocycles. The van der Waals surface area contributed by atoms with Crippen LogP contribution in [0.1, 0.15) is 16.7 Å². The SMILES string of the molecule is COc1cc(C)c(C)cc1CCN(C)CC(N)=O. The summed E-state index contributed by atoms with van der Waals surface area (Å²) in [5.74, 6) is 0.607. The van der Waals surface area contributed by atoms with Crippen LogP contribution in [0.4, 0.5) is 0 Å². The van der Waals surface area contributed by atoms with Crippen molar-refractivity contribution in [2.45, 2.75) is 20.3 Å². The van der Waals surface area contributed by atoms with Crippen LogP contribution in [0.2, 0.25) is 0 Å². The van der Waals surface area contributed by atoms with E-state index in [4.69, 9.17) is 10.5 Å². The van der Waals surface area contributed by atoms with E-state index in [-0.39, 0.29) is 12.5 Å². The van der Waals surface area contributed by atoms with E-state index in [1.807, 2.05) is 11.9 Å². The smallest absolute Gasteiger partial charge is 0.231 e. The van der Waals surface area contributed by atoms with Crippen LogP contribution in [0, 0.1) is 13.8 Å². The molecular formula is C14H22N2O2. The fourth-order valence-corrected chi connectivity index (χ4v) is 1.89. The van der Waals surface area contributed by atoms with Crippen LogP contribution < -0.4 is 10.5 Å². The molecule has 0 aliphatic heterocycles.